The number of nitrogens with two attached hydrogens (primary N) is 1. The highest BCUT2D eigenvalue weighted by atomic mass is 15.3. The van der Waals surface area contributed by atoms with Crippen LogP contribution in [-0.4, -0.2) is 54.6 Å². The number of rotatable bonds is 4. The van der Waals surface area contributed by atoms with Crippen molar-refractivity contribution in [1.82, 2.24) is 9.80 Å². The van der Waals surface area contributed by atoms with Crippen molar-refractivity contribution in [3.05, 3.63) is 0 Å². The van der Waals surface area contributed by atoms with Crippen molar-refractivity contribution in [1.29, 1.82) is 0 Å². The summed E-state index contributed by atoms with van der Waals surface area (Å²) in [5.41, 5.74) is 6.22. The van der Waals surface area contributed by atoms with Crippen LogP contribution in [0, 0.1) is 5.92 Å². The minimum Gasteiger partial charge on any atom is -0.327 e. The molecular weight excluding hydrogens is 210 g/mol. The Hall–Kier alpha value is -0.120. The molecule has 0 saturated carbocycles. The molecule has 2 rings (SSSR count). The van der Waals surface area contributed by atoms with Crippen LogP contribution in [-0.2, 0) is 0 Å². The van der Waals surface area contributed by atoms with Crippen LogP contribution in [0.1, 0.15) is 39.5 Å². The topological polar surface area (TPSA) is 32.5 Å². The van der Waals surface area contributed by atoms with E-state index in [4.69, 9.17) is 5.73 Å². The van der Waals surface area contributed by atoms with Crippen LogP contribution in [0.2, 0.25) is 0 Å². The van der Waals surface area contributed by atoms with Crippen LogP contribution in [0.15, 0.2) is 0 Å². The predicted molar refractivity (Wildman–Crippen MR) is 73.1 cm³/mol. The molecule has 2 fully saturated rings. The Balaban J connectivity index is 1.75. The van der Waals surface area contributed by atoms with Gasteiger partial charge in [-0.1, -0.05) is 20.3 Å². The summed E-state index contributed by atoms with van der Waals surface area (Å²) in [5, 5.41) is 0. The fourth-order valence-electron chi connectivity index (χ4n) is 3.40. The van der Waals surface area contributed by atoms with Gasteiger partial charge in [0.15, 0.2) is 0 Å². The molecule has 3 heteroatoms. The predicted octanol–water partition coefficient (Wildman–Crippen LogP) is 1.53. The second-order valence-electron chi connectivity index (χ2n) is 6.33. The van der Waals surface area contributed by atoms with Gasteiger partial charge in [-0.15, -0.1) is 0 Å². The van der Waals surface area contributed by atoms with E-state index in [9.17, 15) is 0 Å². The molecule has 1 unspecified atom stereocenters. The Bertz CT molecular complexity index is 230. The molecule has 0 spiro atoms. The van der Waals surface area contributed by atoms with Crippen molar-refractivity contribution >= 4 is 0 Å². The second-order valence-corrected chi connectivity index (χ2v) is 6.33. The molecule has 2 atom stereocenters. The van der Waals surface area contributed by atoms with Gasteiger partial charge in [-0.2, -0.15) is 0 Å². The van der Waals surface area contributed by atoms with Crippen molar-refractivity contribution in [2.75, 3.05) is 32.7 Å². The monoisotopic (exact) mass is 239 g/mol. The molecule has 0 aromatic heterocycles. The van der Waals surface area contributed by atoms with Crippen LogP contribution in [0.4, 0.5) is 0 Å². The number of fused-ring (bicyclic) bond motifs is 1. The lowest BCUT2D eigenvalue weighted by molar-refractivity contribution is 0.0458. The zero-order chi connectivity index (χ0) is 12.3. The van der Waals surface area contributed by atoms with Crippen LogP contribution in [0.3, 0.4) is 0 Å². The first-order chi connectivity index (χ1) is 8.15. The number of piperidine rings is 1. The molecule has 2 saturated heterocycles. The summed E-state index contributed by atoms with van der Waals surface area (Å²) >= 11 is 0. The minimum absolute atomic E-state index is 0.366. The van der Waals surface area contributed by atoms with Gasteiger partial charge in [-0.3, -0.25) is 9.80 Å². The van der Waals surface area contributed by atoms with Crippen molar-refractivity contribution in [3.63, 3.8) is 0 Å². The molecule has 17 heavy (non-hydrogen) atoms. The van der Waals surface area contributed by atoms with Crippen LogP contribution < -0.4 is 5.73 Å². The third-order valence-electron chi connectivity index (χ3n) is 4.19. The van der Waals surface area contributed by atoms with E-state index in [1.165, 1.54) is 45.4 Å². The van der Waals surface area contributed by atoms with Gasteiger partial charge in [0.25, 0.3) is 0 Å². The van der Waals surface area contributed by atoms with Crippen LogP contribution in [0.5, 0.6) is 0 Å². The summed E-state index contributed by atoms with van der Waals surface area (Å²) < 4.78 is 0. The highest BCUT2D eigenvalue weighted by molar-refractivity contribution is 4.86. The molecule has 0 aliphatic carbocycles. The van der Waals surface area contributed by atoms with E-state index in [0.29, 0.717) is 6.04 Å². The number of nitrogens with zero attached hydrogens (tertiary/aromatic N) is 2. The summed E-state index contributed by atoms with van der Waals surface area (Å²) in [6.07, 6.45) is 5.39. The average Bonchev–Trinajstić information content (AvgIpc) is 2.27. The van der Waals surface area contributed by atoms with E-state index in [2.05, 4.69) is 23.6 Å². The molecule has 2 N–H and O–H groups in total. The van der Waals surface area contributed by atoms with Gasteiger partial charge >= 0.3 is 0 Å². The van der Waals surface area contributed by atoms with Crippen LogP contribution >= 0.6 is 0 Å². The first-order valence-electron chi connectivity index (χ1n) is 7.37. The van der Waals surface area contributed by atoms with E-state index >= 15 is 0 Å². The van der Waals surface area contributed by atoms with Crippen LogP contribution in [0.25, 0.3) is 0 Å². The minimum atomic E-state index is 0.366. The number of piperazine rings is 1. The van der Waals surface area contributed by atoms with Gasteiger partial charge < -0.3 is 5.73 Å². The zero-order valence-corrected chi connectivity index (χ0v) is 11.6. The van der Waals surface area contributed by atoms with Crippen molar-refractivity contribution in [2.24, 2.45) is 11.7 Å². The smallest absolute Gasteiger partial charge is 0.0223 e. The fourth-order valence-corrected chi connectivity index (χ4v) is 3.40. The van der Waals surface area contributed by atoms with E-state index in [0.717, 1.165) is 24.9 Å². The molecule has 0 bridgehead atoms. The van der Waals surface area contributed by atoms with Crippen molar-refractivity contribution in [2.45, 2.75) is 51.6 Å². The third-order valence-corrected chi connectivity index (χ3v) is 4.19. The lowest BCUT2D eigenvalue weighted by Gasteiger charge is -2.44. The van der Waals surface area contributed by atoms with Gasteiger partial charge in [0, 0.05) is 38.3 Å². The van der Waals surface area contributed by atoms with E-state index in [1.54, 1.807) is 0 Å². The second kappa shape index (κ2) is 6.17. The highest BCUT2D eigenvalue weighted by Crippen LogP contribution is 2.21. The van der Waals surface area contributed by atoms with Crippen molar-refractivity contribution < 1.29 is 0 Å². The molecule has 2 heterocycles. The molecule has 0 amide bonds. The maximum atomic E-state index is 6.22. The lowest BCUT2D eigenvalue weighted by atomic mass is 9.98. The van der Waals surface area contributed by atoms with Gasteiger partial charge in [-0.05, 0) is 31.7 Å². The molecule has 0 radical (unpaired) electrons. The van der Waals surface area contributed by atoms with E-state index in [1.807, 2.05) is 0 Å². The zero-order valence-electron chi connectivity index (χ0n) is 11.6. The van der Waals surface area contributed by atoms with Gasteiger partial charge in [-0.25, -0.2) is 0 Å². The normalized spacial score (nSPS) is 29.3. The molecule has 2 aliphatic heterocycles. The Morgan fingerprint density at radius 2 is 2.00 bits per heavy atom. The standard InChI is InChI=1S/C14H29N3/c1-12(2)9-13(15)10-16-7-8-17-6-4-3-5-14(17)11-16/h12-14H,3-11,15H2,1-2H3/t13-,14?/m0/s1. The summed E-state index contributed by atoms with van der Waals surface area (Å²) in [6, 6.07) is 1.19. The first kappa shape index (κ1) is 13.3. The van der Waals surface area contributed by atoms with Gasteiger partial charge in [0.05, 0.1) is 0 Å². The number of hydrogen-bond donors (Lipinski definition) is 1. The molecule has 100 valence electrons. The summed E-state index contributed by atoms with van der Waals surface area (Å²) in [5.74, 6) is 0.723. The number of hydrogen-bond acceptors (Lipinski definition) is 3. The maximum Gasteiger partial charge on any atom is 0.0223 e. The molecule has 0 aromatic carbocycles. The first-order valence-corrected chi connectivity index (χ1v) is 7.37. The maximum absolute atomic E-state index is 6.22. The third kappa shape index (κ3) is 3.94. The molecule has 3 nitrogen and oxygen atoms in total. The quantitative estimate of drug-likeness (QED) is 0.807. The SMILES string of the molecule is CC(C)C[C@H](N)CN1CCN2CCCCC2C1. The van der Waals surface area contributed by atoms with E-state index in [-0.39, 0.29) is 0 Å². The molecular formula is C14H29N3. The Morgan fingerprint density at radius 1 is 1.18 bits per heavy atom. The fraction of sp³-hybridized carbons (Fsp3) is 1.00. The highest BCUT2D eigenvalue weighted by Gasteiger charge is 2.29. The average molecular weight is 239 g/mol. The summed E-state index contributed by atoms with van der Waals surface area (Å²) in [7, 11) is 0. The molecule has 2 aliphatic rings. The Morgan fingerprint density at radius 3 is 2.76 bits per heavy atom. The Kier molecular flexibility index (Phi) is 4.83. The van der Waals surface area contributed by atoms with Gasteiger partial charge in [0.1, 0.15) is 0 Å². The summed E-state index contributed by atoms with van der Waals surface area (Å²) in [4.78, 5) is 5.29. The molecule has 0 aromatic rings. The summed E-state index contributed by atoms with van der Waals surface area (Å²) in [6.45, 7) is 10.7. The van der Waals surface area contributed by atoms with E-state index < -0.39 is 0 Å². The lowest BCUT2D eigenvalue weighted by Crippen LogP contribution is -2.56. The van der Waals surface area contributed by atoms with Gasteiger partial charge in [0.2, 0.25) is 0 Å². The largest absolute Gasteiger partial charge is 0.327 e. The Labute approximate surface area is 106 Å². The van der Waals surface area contributed by atoms with Crippen molar-refractivity contribution in [3.8, 4) is 0 Å².